The van der Waals surface area contributed by atoms with Crippen LogP contribution in [0.5, 0.6) is 0 Å². The van der Waals surface area contributed by atoms with E-state index in [-0.39, 0.29) is 40.5 Å². The fourth-order valence-electron chi connectivity index (χ4n) is 5.01. The first kappa shape index (κ1) is 32.7. The topological polar surface area (TPSA) is 162 Å². The van der Waals surface area contributed by atoms with Crippen LogP contribution < -0.4 is 16.0 Å². The van der Waals surface area contributed by atoms with E-state index in [1.54, 1.807) is 31.3 Å². The van der Waals surface area contributed by atoms with Gasteiger partial charge in [0.25, 0.3) is 17.7 Å². The summed E-state index contributed by atoms with van der Waals surface area (Å²) in [5.74, 6) is -1.83. The van der Waals surface area contributed by atoms with Crippen molar-refractivity contribution in [3.63, 3.8) is 0 Å². The molecule has 47 heavy (non-hydrogen) atoms. The summed E-state index contributed by atoms with van der Waals surface area (Å²) in [6.45, 7) is 5.98. The standard InChI is InChI=1S/C34H37N7O6/c1-5-6-7-13-20-46-33(45)41-26-21-27(32(44)38-34(2,3)22-14-9-8-10-15-22)47-28(26)29(39-41)37-30(42)23-16-11-12-17-24(23)36-31(43)25-18-19-35-40(25)4/h8-12,14-19,21H,5-7,13,20H2,1-4H3,(H,36,43)(H,38,44)(H,37,39,42). The number of fused-ring (bicyclic) bond motifs is 1. The Balaban J connectivity index is 1.43. The maximum atomic E-state index is 13.6. The molecule has 5 aromatic rings. The predicted molar refractivity (Wildman–Crippen MR) is 175 cm³/mol. The van der Waals surface area contributed by atoms with Crippen molar-refractivity contribution in [3.05, 3.63) is 95.5 Å². The zero-order valence-electron chi connectivity index (χ0n) is 26.7. The number of unbranched alkanes of at least 4 members (excludes halogenated alkanes) is 3. The van der Waals surface area contributed by atoms with Gasteiger partial charge in [-0.1, -0.05) is 68.7 Å². The van der Waals surface area contributed by atoms with Gasteiger partial charge >= 0.3 is 6.09 Å². The summed E-state index contributed by atoms with van der Waals surface area (Å²) in [6, 6.07) is 18.8. The van der Waals surface area contributed by atoms with Crippen LogP contribution in [0.1, 0.15) is 83.4 Å². The van der Waals surface area contributed by atoms with Crippen molar-refractivity contribution < 1.29 is 28.3 Å². The number of aryl methyl sites for hydroxylation is 1. The van der Waals surface area contributed by atoms with Gasteiger partial charge in [-0.3, -0.25) is 19.1 Å². The Hall–Kier alpha value is -5.72. The number of hydrogen-bond acceptors (Lipinski definition) is 8. The Kier molecular flexibility index (Phi) is 9.83. The van der Waals surface area contributed by atoms with E-state index < -0.39 is 29.4 Å². The molecule has 3 amide bonds. The van der Waals surface area contributed by atoms with E-state index in [4.69, 9.17) is 9.15 Å². The summed E-state index contributed by atoms with van der Waals surface area (Å²) >= 11 is 0. The number of nitrogens with one attached hydrogen (secondary N) is 3. The molecule has 3 aromatic heterocycles. The number of aromatic nitrogens is 4. The molecule has 0 aliphatic carbocycles. The zero-order valence-corrected chi connectivity index (χ0v) is 26.7. The minimum atomic E-state index is -0.784. The molecular formula is C34H37N7O6. The molecule has 0 saturated heterocycles. The lowest BCUT2D eigenvalue weighted by molar-refractivity contribution is 0.0884. The van der Waals surface area contributed by atoms with Crippen LogP contribution in [0.25, 0.3) is 11.1 Å². The smallest absolute Gasteiger partial charge is 0.435 e. The molecule has 0 radical (unpaired) electrons. The molecule has 5 rings (SSSR count). The molecule has 0 aliphatic heterocycles. The third-order valence-electron chi connectivity index (χ3n) is 7.60. The van der Waals surface area contributed by atoms with Crippen molar-refractivity contribution in [2.24, 2.45) is 7.05 Å². The molecule has 13 nitrogen and oxygen atoms in total. The first-order valence-corrected chi connectivity index (χ1v) is 15.4. The number of nitrogens with zero attached hydrogens (tertiary/aromatic N) is 4. The van der Waals surface area contributed by atoms with E-state index in [0.717, 1.165) is 29.5 Å². The molecule has 0 saturated carbocycles. The summed E-state index contributed by atoms with van der Waals surface area (Å²) < 4.78 is 13.8. The lowest BCUT2D eigenvalue weighted by atomic mass is 9.94. The van der Waals surface area contributed by atoms with Crippen molar-refractivity contribution >= 4 is 46.4 Å². The number of rotatable bonds is 12. The lowest BCUT2D eigenvalue weighted by Gasteiger charge is -2.26. The summed E-state index contributed by atoms with van der Waals surface area (Å²) in [6.07, 6.45) is 4.35. The van der Waals surface area contributed by atoms with Gasteiger partial charge < -0.3 is 25.1 Å². The van der Waals surface area contributed by atoms with E-state index in [1.165, 1.54) is 23.0 Å². The number of carbonyl (C=O) groups is 4. The summed E-state index contributed by atoms with van der Waals surface area (Å²) in [4.78, 5) is 53.0. The fraction of sp³-hybridized carbons (Fsp3) is 0.294. The maximum Gasteiger partial charge on any atom is 0.435 e. The van der Waals surface area contributed by atoms with Crippen LogP contribution in [0.15, 0.2) is 77.3 Å². The quantitative estimate of drug-likeness (QED) is 0.138. The van der Waals surface area contributed by atoms with E-state index in [9.17, 15) is 19.2 Å². The van der Waals surface area contributed by atoms with Crippen LogP contribution in [-0.4, -0.2) is 50.0 Å². The summed E-state index contributed by atoms with van der Waals surface area (Å²) in [7, 11) is 1.63. The lowest BCUT2D eigenvalue weighted by Crippen LogP contribution is -2.40. The second kappa shape index (κ2) is 14.1. The highest BCUT2D eigenvalue weighted by molar-refractivity contribution is 6.14. The molecule has 0 spiro atoms. The van der Waals surface area contributed by atoms with Gasteiger partial charge in [-0.05, 0) is 44.0 Å². The third-order valence-corrected chi connectivity index (χ3v) is 7.60. The van der Waals surface area contributed by atoms with Gasteiger partial charge in [-0.15, -0.1) is 5.10 Å². The number of hydrogen-bond donors (Lipinski definition) is 3. The largest absolute Gasteiger partial charge is 0.448 e. The SMILES string of the molecule is CCCCCCOC(=O)n1nc(NC(=O)c2ccccc2NC(=O)c2ccnn2C)c2oc(C(=O)NC(C)(C)c3ccccc3)cc21. The molecule has 0 fully saturated rings. The molecule has 0 unspecified atom stereocenters. The van der Waals surface area contributed by atoms with Gasteiger partial charge in [0.1, 0.15) is 11.2 Å². The molecule has 0 aliphatic rings. The van der Waals surface area contributed by atoms with E-state index in [0.29, 0.717) is 12.1 Å². The maximum absolute atomic E-state index is 13.6. The van der Waals surface area contributed by atoms with Gasteiger partial charge in [0.15, 0.2) is 17.2 Å². The van der Waals surface area contributed by atoms with Gasteiger partial charge in [0, 0.05) is 19.3 Å². The number of para-hydroxylation sites is 1. The second-order valence-corrected chi connectivity index (χ2v) is 11.5. The number of ether oxygens (including phenoxy) is 1. The van der Waals surface area contributed by atoms with Crippen LogP contribution in [0, 0.1) is 0 Å². The van der Waals surface area contributed by atoms with Crippen molar-refractivity contribution in [1.82, 2.24) is 24.9 Å². The summed E-state index contributed by atoms with van der Waals surface area (Å²) in [5, 5.41) is 16.7. The first-order valence-electron chi connectivity index (χ1n) is 15.4. The zero-order chi connectivity index (χ0) is 33.6. The Labute approximate surface area is 271 Å². The van der Waals surface area contributed by atoms with Crippen molar-refractivity contribution in [2.45, 2.75) is 52.0 Å². The van der Waals surface area contributed by atoms with Crippen LogP contribution >= 0.6 is 0 Å². The minimum absolute atomic E-state index is 0.000326. The van der Waals surface area contributed by atoms with E-state index in [2.05, 4.69) is 33.1 Å². The van der Waals surface area contributed by atoms with E-state index >= 15 is 0 Å². The monoisotopic (exact) mass is 639 g/mol. The van der Waals surface area contributed by atoms with Crippen molar-refractivity contribution in [3.8, 4) is 0 Å². The highest BCUT2D eigenvalue weighted by Crippen LogP contribution is 2.29. The normalized spacial score (nSPS) is 11.3. The van der Waals surface area contributed by atoms with Crippen LogP contribution in [0.2, 0.25) is 0 Å². The van der Waals surface area contributed by atoms with E-state index in [1.807, 2.05) is 44.2 Å². The number of benzene rings is 2. The Morgan fingerprint density at radius 2 is 1.64 bits per heavy atom. The Morgan fingerprint density at radius 1 is 0.894 bits per heavy atom. The summed E-state index contributed by atoms with van der Waals surface area (Å²) in [5.41, 5.74) is 0.927. The number of amides is 3. The van der Waals surface area contributed by atoms with Crippen LogP contribution in [0.4, 0.5) is 16.3 Å². The predicted octanol–water partition coefficient (Wildman–Crippen LogP) is 6.10. The van der Waals surface area contributed by atoms with Crippen LogP contribution in [-0.2, 0) is 17.3 Å². The molecule has 2 aromatic carbocycles. The number of carbonyl (C=O) groups excluding carboxylic acids is 4. The van der Waals surface area contributed by atoms with Crippen molar-refractivity contribution in [1.29, 1.82) is 0 Å². The molecule has 3 heterocycles. The average Bonchev–Trinajstić information content (AvgIpc) is 3.77. The third kappa shape index (κ3) is 7.40. The van der Waals surface area contributed by atoms with Gasteiger partial charge in [0.05, 0.1) is 23.4 Å². The van der Waals surface area contributed by atoms with Gasteiger partial charge in [-0.2, -0.15) is 9.78 Å². The number of anilines is 2. The minimum Gasteiger partial charge on any atom is -0.448 e. The molecule has 3 N–H and O–H groups in total. The highest BCUT2D eigenvalue weighted by Gasteiger charge is 2.29. The van der Waals surface area contributed by atoms with Gasteiger partial charge in [0.2, 0.25) is 0 Å². The number of furan rings is 1. The van der Waals surface area contributed by atoms with Gasteiger partial charge in [-0.25, -0.2) is 4.79 Å². The average molecular weight is 640 g/mol. The molecular weight excluding hydrogens is 602 g/mol. The fourth-order valence-corrected chi connectivity index (χ4v) is 5.01. The molecule has 13 heteroatoms. The molecule has 0 atom stereocenters. The molecule has 244 valence electrons. The van der Waals surface area contributed by atoms with Crippen molar-refractivity contribution in [2.75, 3.05) is 17.2 Å². The van der Waals surface area contributed by atoms with Crippen LogP contribution in [0.3, 0.4) is 0 Å². The highest BCUT2D eigenvalue weighted by atomic mass is 16.6. The second-order valence-electron chi connectivity index (χ2n) is 11.5. The molecule has 0 bridgehead atoms. The Bertz CT molecular complexity index is 1900. The first-order chi connectivity index (χ1) is 22.6. The Morgan fingerprint density at radius 3 is 2.36 bits per heavy atom.